The minimum absolute atomic E-state index is 0. The van der Waals surface area contributed by atoms with Crippen molar-refractivity contribution in [3.05, 3.63) is 120 Å². The molecule has 0 aromatic heterocycles. The van der Waals surface area contributed by atoms with Gasteiger partial charge in [-0.1, -0.05) is 0 Å². The second kappa shape index (κ2) is 17.0. The van der Waals surface area contributed by atoms with Gasteiger partial charge in [-0.3, -0.25) is 0 Å². The Kier molecular flexibility index (Phi) is 13.1. The van der Waals surface area contributed by atoms with Crippen LogP contribution in [0.5, 0.6) is 23.0 Å². The maximum atomic E-state index is 13.1. The summed E-state index contributed by atoms with van der Waals surface area (Å²) < 4.78 is 23.0. The third-order valence-electron chi connectivity index (χ3n) is 6.53. The number of benzene rings is 4. The van der Waals surface area contributed by atoms with Gasteiger partial charge in [0.15, 0.2) is 0 Å². The first-order valence-corrected chi connectivity index (χ1v) is 14.9. The molecule has 0 saturated carbocycles. The van der Waals surface area contributed by atoms with Crippen LogP contribution in [-0.2, 0) is 17.2 Å². The number of ether oxygens (including phenoxy) is 2. The summed E-state index contributed by atoms with van der Waals surface area (Å²) in [6.07, 6.45) is 2.79. The van der Waals surface area contributed by atoms with E-state index in [1.807, 2.05) is 123 Å². The van der Waals surface area contributed by atoms with Crippen molar-refractivity contribution in [2.75, 3.05) is 0 Å². The predicted octanol–water partition coefficient (Wildman–Crippen LogP) is 8.18. The van der Waals surface area contributed by atoms with Crippen LogP contribution in [0.25, 0.3) is 0 Å². The smallest absolute Gasteiger partial charge is 0.870 e. The van der Waals surface area contributed by atoms with Crippen LogP contribution in [0.2, 0.25) is 0 Å². The van der Waals surface area contributed by atoms with E-state index in [1.165, 1.54) is 0 Å². The summed E-state index contributed by atoms with van der Waals surface area (Å²) in [6.45, 7) is 4.03. The Morgan fingerprint density at radius 1 is 0.571 bits per heavy atom. The second-order valence-corrected chi connectivity index (χ2v) is 10.3. The number of carbonyl (C=O) groups excluding carboxylic acids is 2. The molecule has 0 aliphatic carbocycles. The van der Waals surface area contributed by atoms with Gasteiger partial charge in [-0.05, 0) is 0 Å². The van der Waals surface area contributed by atoms with E-state index in [-0.39, 0.29) is 5.48 Å². The summed E-state index contributed by atoms with van der Waals surface area (Å²) >= 11 is -1.31. The van der Waals surface area contributed by atoms with Crippen molar-refractivity contribution in [3.63, 3.8) is 0 Å². The molecule has 0 bridgehead atoms. The first kappa shape index (κ1) is 32.4. The molecule has 216 valence electrons. The zero-order valence-electron chi connectivity index (χ0n) is 23.8. The molecule has 8 heteroatoms. The van der Waals surface area contributed by atoms with Crippen LogP contribution in [0.1, 0.15) is 62.5 Å². The molecule has 0 spiro atoms. The third kappa shape index (κ3) is 9.49. The molecule has 0 saturated heterocycles. The van der Waals surface area contributed by atoms with Crippen molar-refractivity contribution < 1.29 is 32.1 Å². The second-order valence-electron chi connectivity index (χ2n) is 9.63. The Bertz CT molecular complexity index is 1290. The van der Waals surface area contributed by atoms with Crippen molar-refractivity contribution in [3.8, 4) is 23.0 Å². The van der Waals surface area contributed by atoms with Gasteiger partial charge in [-0.2, -0.15) is 0 Å². The molecule has 2 atom stereocenters. The van der Waals surface area contributed by atoms with Crippen molar-refractivity contribution in [2.24, 2.45) is 0 Å². The number of para-hydroxylation sites is 2. The fourth-order valence-corrected chi connectivity index (χ4v) is 5.11. The van der Waals surface area contributed by atoms with Crippen LogP contribution in [-0.4, -0.2) is 33.3 Å². The van der Waals surface area contributed by atoms with Gasteiger partial charge in [-0.25, -0.2) is 0 Å². The fraction of sp³-hybridized carbons (Fsp3) is 0.235. The molecule has 4 rings (SSSR count). The number of carbonyl (C=O) groups is 2. The zero-order valence-corrected chi connectivity index (χ0v) is 25.0. The van der Waals surface area contributed by atoms with E-state index in [0.29, 0.717) is 24.3 Å². The van der Waals surface area contributed by atoms with E-state index in [1.54, 1.807) is 0 Å². The summed E-state index contributed by atoms with van der Waals surface area (Å²) in [7, 11) is 0. The molecular formula is C34H35AlO7. The van der Waals surface area contributed by atoms with Crippen LogP contribution >= 0.6 is 0 Å². The largest absolute Gasteiger partial charge is 0.870 e. The number of hydrogen-bond acceptors (Lipinski definition) is 7. The monoisotopic (exact) mass is 582 g/mol. The molecule has 4 aromatic rings. The Balaban J connectivity index is 0.00000484. The van der Waals surface area contributed by atoms with E-state index in [0.717, 1.165) is 35.5 Å². The molecule has 4 aromatic carbocycles. The predicted molar refractivity (Wildman–Crippen MR) is 161 cm³/mol. The first-order valence-electron chi connectivity index (χ1n) is 14.0. The van der Waals surface area contributed by atoms with E-state index in [2.05, 4.69) is 0 Å². The Morgan fingerprint density at radius 2 is 0.952 bits per heavy atom. The van der Waals surface area contributed by atoms with E-state index in [9.17, 15) is 9.59 Å². The molecule has 0 amide bonds. The van der Waals surface area contributed by atoms with Crippen LogP contribution in [0.4, 0.5) is 0 Å². The van der Waals surface area contributed by atoms with Crippen molar-refractivity contribution in [1.29, 1.82) is 0 Å². The fourth-order valence-electron chi connectivity index (χ4n) is 4.54. The molecule has 2 unspecified atom stereocenters. The van der Waals surface area contributed by atoms with Gasteiger partial charge in [0.25, 0.3) is 0 Å². The summed E-state index contributed by atoms with van der Waals surface area (Å²) in [5.74, 6) is 0.939. The van der Waals surface area contributed by atoms with E-state index in [4.69, 9.17) is 17.1 Å². The quantitative estimate of drug-likeness (QED) is 0.138. The molecule has 0 fully saturated rings. The van der Waals surface area contributed by atoms with Crippen LogP contribution in [0.15, 0.2) is 109 Å². The zero-order chi connectivity index (χ0) is 28.9. The van der Waals surface area contributed by atoms with Crippen molar-refractivity contribution in [2.45, 2.75) is 51.4 Å². The van der Waals surface area contributed by atoms with Gasteiger partial charge in [0.05, 0.1) is 0 Å². The van der Waals surface area contributed by atoms with Gasteiger partial charge in [0.2, 0.25) is 0 Å². The third-order valence-corrected chi connectivity index (χ3v) is 7.19. The Morgan fingerprint density at radius 3 is 1.33 bits per heavy atom. The average Bonchev–Trinajstić information content (AvgIpc) is 3.00. The molecule has 0 aliphatic heterocycles. The average molecular weight is 583 g/mol. The van der Waals surface area contributed by atoms with Crippen molar-refractivity contribution in [1.82, 2.24) is 0 Å². The Labute approximate surface area is 254 Å². The van der Waals surface area contributed by atoms with Gasteiger partial charge >= 0.3 is 249 Å². The summed E-state index contributed by atoms with van der Waals surface area (Å²) in [4.78, 5) is 26.2. The Hall–Kier alpha value is -4.09. The molecule has 0 heterocycles. The van der Waals surface area contributed by atoms with E-state index < -0.39 is 39.7 Å². The molecule has 1 N–H and O–H groups in total. The van der Waals surface area contributed by atoms with Gasteiger partial charge < -0.3 is 5.48 Å². The molecule has 0 aliphatic rings. The maximum Gasteiger partial charge on any atom is -0.870 e. The minimum Gasteiger partial charge on any atom is -0.870 e. The SMILES string of the molecule is CCCC(C(=O)[O][Al+][O]C(=O)C(CCC)c1cccc(Oc2ccccc2)c1)c1cccc(Oc2ccccc2)c1.[OH-]. The van der Waals surface area contributed by atoms with Gasteiger partial charge in [0.1, 0.15) is 0 Å². The van der Waals surface area contributed by atoms with Crippen LogP contribution < -0.4 is 9.47 Å². The summed E-state index contributed by atoms with van der Waals surface area (Å²) in [5, 5.41) is 0. The van der Waals surface area contributed by atoms with Gasteiger partial charge in [-0.15, -0.1) is 0 Å². The van der Waals surface area contributed by atoms with Crippen LogP contribution in [0.3, 0.4) is 0 Å². The first-order chi connectivity index (χ1) is 20.1. The summed E-state index contributed by atoms with van der Waals surface area (Å²) in [5.41, 5.74) is 1.60. The number of hydrogen-bond donors (Lipinski definition) is 0. The number of rotatable bonds is 14. The minimum atomic E-state index is -1.31. The van der Waals surface area contributed by atoms with Crippen LogP contribution in [0, 0.1) is 0 Å². The maximum absolute atomic E-state index is 13.1. The molecular weight excluding hydrogens is 547 g/mol. The topological polar surface area (TPSA) is 101 Å². The molecule has 7 nitrogen and oxygen atoms in total. The molecule has 0 radical (unpaired) electrons. The molecule has 42 heavy (non-hydrogen) atoms. The van der Waals surface area contributed by atoms with Crippen molar-refractivity contribution >= 4 is 27.8 Å². The standard InChI is InChI=1S/2C17H18O3.Al.H2O/c2*1-2-7-16(17(18)19)13-8-6-11-15(12-13)20-14-9-4-3-5-10-14;;/h2*3-6,8-12,16H,2,7H2,1H3,(H,18,19);;1H2/q;;+3;/p-3. The van der Waals surface area contributed by atoms with E-state index >= 15 is 0 Å². The van der Waals surface area contributed by atoms with Gasteiger partial charge in [0, 0.05) is 0 Å². The summed E-state index contributed by atoms with van der Waals surface area (Å²) in [6, 6.07) is 33.9. The normalized spacial score (nSPS) is 11.7.